The molecule has 0 aromatic carbocycles. The molecule has 19 heavy (non-hydrogen) atoms. The Bertz CT molecular complexity index is 303. The number of aliphatic hydroxyl groups is 4. The molecule has 0 aliphatic carbocycles. The molecule has 1 unspecified atom stereocenters. The molecular formula is C13H25NO5. The van der Waals surface area contributed by atoms with Crippen LogP contribution in [0.2, 0.25) is 0 Å². The highest BCUT2D eigenvalue weighted by atomic mass is 16.7. The number of hydrogen-bond donors (Lipinski definition) is 4. The number of likely N-dealkylation sites (tertiary alicyclic amines) is 1. The third kappa shape index (κ3) is 2.94. The van der Waals surface area contributed by atoms with Crippen molar-refractivity contribution in [3.63, 3.8) is 0 Å². The fourth-order valence-corrected chi connectivity index (χ4v) is 3.17. The van der Waals surface area contributed by atoms with Crippen LogP contribution in [0, 0.1) is 0 Å². The second-order valence-electron chi connectivity index (χ2n) is 5.65. The number of aliphatic hydroxyl groups excluding tert-OH is 3. The average molecular weight is 275 g/mol. The van der Waals surface area contributed by atoms with Crippen LogP contribution >= 0.6 is 0 Å². The van der Waals surface area contributed by atoms with Gasteiger partial charge in [-0.3, -0.25) is 4.90 Å². The molecule has 2 saturated heterocycles. The first-order chi connectivity index (χ1) is 9.01. The maximum atomic E-state index is 10.4. The van der Waals surface area contributed by atoms with Gasteiger partial charge in [0.2, 0.25) is 5.79 Å². The molecule has 6 heteroatoms. The van der Waals surface area contributed by atoms with E-state index in [9.17, 15) is 15.3 Å². The summed E-state index contributed by atoms with van der Waals surface area (Å²) in [5, 5.41) is 39.2. The number of rotatable bonds is 4. The van der Waals surface area contributed by atoms with Crippen molar-refractivity contribution in [2.24, 2.45) is 0 Å². The topological polar surface area (TPSA) is 93.4 Å². The molecule has 5 atom stereocenters. The maximum Gasteiger partial charge on any atom is 0.208 e. The van der Waals surface area contributed by atoms with E-state index in [0.717, 1.165) is 25.8 Å². The van der Waals surface area contributed by atoms with E-state index in [1.807, 2.05) is 0 Å². The predicted molar refractivity (Wildman–Crippen MR) is 68.4 cm³/mol. The van der Waals surface area contributed by atoms with Gasteiger partial charge in [-0.2, -0.15) is 0 Å². The molecule has 0 spiro atoms. The van der Waals surface area contributed by atoms with E-state index in [2.05, 4.69) is 11.8 Å². The predicted octanol–water partition coefficient (Wildman–Crippen LogP) is -0.948. The summed E-state index contributed by atoms with van der Waals surface area (Å²) >= 11 is 0. The van der Waals surface area contributed by atoms with Gasteiger partial charge in [0.1, 0.15) is 18.3 Å². The van der Waals surface area contributed by atoms with Crippen LogP contribution in [0.15, 0.2) is 0 Å². The number of hydrogen-bond acceptors (Lipinski definition) is 6. The van der Waals surface area contributed by atoms with Crippen molar-refractivity contribution in [2.75, 3.05) is 19.7 Å². The van der Waals surface area contributed by atoms with E-state index in [-0.39, 0.29) is 6.54 Å². The largest absolute Gasteiger partial charge is 0.394 e. The first-order valence-corrected chi connectivity index (χ1v) is 7.13. The van der Waals surface area contributed by atoms with Gasteiger partial charge in [-0.25, -0.2) is 0 Å². The molecule has 0 bridgehead atoms. The Morgan fingerprint density at radius 1 is 1.32 bits per heavy atom. The van der Waals surface area contributed by atoms with Crippen LogP contribution in [0.3, 0.4) is 0 Å². The Kier molecular flexibility index (Phi) is 4.81. The Morgan fingerprint density at radius 2 is 2.05 bits per heavy atom. The van der Waals surface area contributed by atoms with Gasteiger partial charge < -0.3 is 25.2 Å². The number of β-amino-alcohol motifs (C(OH)–C–C–N with tert-alkyl or cyclic N) is 1. The molecular weight excluding hydrogens is 250 g/mol. The normalized spacial score (nSPS) is 44.7. The Balaban J connectivity index is 2.04. The van der Waals surface area contributed by atoms with Gasteiger partial charge in [-0.15, -0.1) is 0 Å². The zero-order valence-electron chi connectivity index (χ0n) is 11.4. The maximum absolute atomic E-state index is 10.4. The standard InChI is InChI=1S/C13H25NO5/c1-2-9-5-3-4-6-14(9)8-13(18)12(17)11(16)10(7-15)19-13/h9-12,15-18H,2-8H2,1H3/t9?,10-,11+,12-,13+/m0/s1. The minimum Gasteiger partial charge on any atom is -0.394 e. The first-order valence-electron chi connectivity index (χ1n) is 7.13. The van der Waals surface area contributed by atoms with Gasteiger partial charge >= 0.3 is 0 Å². The molecule has 2 fully saturated rings. The van der Waals surface area contributed by atoms with Gasteiger partial charge in [-0.05, 0) is 25.8 Å². The van der Waals surface area contributed by atoms with Crippen molar-refractivity contribution in [3.05, 3.63) is 0 Å². The van der Waals surface area contributed by atoms with Crippen molar-refractivity contribution in [1.29, 1.82) is 0 Å². The van der Waals surface area contributed by atoms with Crippen molar-refractivity contribution in [2.45, 2.75) is 62.7 Å². The van der Waals surface area contributed by atoms with Crippen LogP contribution in [0.5, 0.6) is 0 Å². The van der Waals surface area contributed by atoms with E-state index in [1.54, 1.807) is 0 Å². The molecule has 2 aliphatic rings. The summed E-state index contributed by atoms with van der Waals surface area (Å²) < 4.78 is 5.28. The van der Waals surface area contributed by atoms with Crippen LogP contribution in [-0.4, -0.2) is 75.2 Å². The number of ether oxygens (including phenoxy) is 1. The summed E-state index contributed by atoms with van der Waals surface area (Å²) in [5.41, 5.74) is 0. The first kappa shape index (κ1) is 15.2. The van der Waals surface area contributed by atoms with E-state index in [4.69, 9.17) is 9.84 Å². The lowest BCUT2D eigenvalue weighted by Gasteiger charge is -2.40. The number of piperidine rings is 1. The summed E-state index contributed by atoms with van der Waals surface area (Å²) in [6, 6.07) is 0.374. The van der Waals surface area contributed by atoms with Crippen LogP contribution in [0.1, 0.15) is 32.6 Å². The van der Waals surface area contributed by atoms with Crippen molar-refractivity contribution < 1.29 is 25.2 Å². The molecule has 2 aliphatic heterocycles. The molecule has 0 saturated carbocycles. The highest BCUT2D eigenvalue weighted by molar-refractivity contribution is 4.97. The summed E-state index contributed by atoms with van der Waals surface area (Å²) in [6.07, 6.45) is 0.744. The molecule has 0 aromatic rings. The monoisotopic (exact) mass is 275 g/mol. The summed E-state index contributed by atoms with van der Waals surface area (Å²) in [4.78, 5) is 2.11. The number of nitrogens with zero attached hydrogens (tertiary/aromatic N) is 1. The lowest BCUT2D eigenvalue weighted by Crippen LogP contribution is -2.54. The summed E-state index contributed by atoms with van der Waals surface area (Å²) in [5.74, 6) is -1.79. The van der Waals surface area contributed by atoms with Gasteiger partial charge in [0.15, 0.2) is 0 Å². The zero-order chi connectivity index (χ0) is 14.0. The lowest BCUT2D eigenvalue weighted by molar-refractivity contribution is -0.242. The molecule has 4 N–H and O–H groups in total. The van der Waals surface area contributed by atoms with Crippen molar-refractivity contribution in [1.82, 2.24) is 4.90 Å². The quantitative estimate of drug-likeness (QED) is 0.529. The molecule has 0 radical (unpaired) electrons. The summed E-state index contributed by atoms with van der Waals surface area (Å²) in [7, 11) is 0. The van der Waals surface area contributed by atoms with Crippen LogP contribution < -0.4 is 0 Å². The average Bonchev–Trinajstić information content (AvgIpc) is 2.63. The van der Waals surface area contributed by atoms with Gasteiger partial charge in [-0.1, -0.05) is 13.3 Å². The van der Waals surface area contributed by atoms with E-state index in [0.29, 0.717) is 6.04 Å². The Hall–Kier alpha value is -0.240. The molecule has 112 valence electrons. The zero-order valence-corrected chi connectivity index (χ0v) is 11.4. The van der Waals surface area contributed by atoms with Gasteiger partial charge in [0, 0.05) is 6.04 Å². The molecule has 2 heterocycles. The smallest absolute Gasteiger partial charge is 0.208 e. The van der Waals surface area contributed by atoms with Crippen LogP contribution in [0.4, 0.5) is 0 Å². The molecule has 0 amide bonds. The van der Waals surface area contributed by atoms with Gasteiger partial charge in [0.05, 0.1) is 13.2 Å². The van der Waals surface area contributed by atoms with Crippen LogP contribution in [0.25, 0.3) is 0 Å². The Labute approximate surface area is 113 Å². The molecule has 6 nitrogen and oxygen atoms in total. The molecule has 0 aromatic heterocycles. The second-order valence-corrected chi connectivity index (χ2v) is 5.65. The highest BCUT2D eigenvalue weighted by Crippen LogP contribution is 2.32. The Morgan fingerprint density at radius 3 is 2.63 bits per heavy atom. The fraction of sp³-hybridized carbons (Fsp3) is 1.00. The lowest BCUT2D eigenvalue weighted by atomic mass is 9.97. The third-order valence-corrected chi connectivity index (χ3v) is 4.35. The minimum atomic E-state index is -1.79. The van der Waals surface area contributed by atoms with Crippen molar-refractivity contribution >= 4 is 0 Å². The van der Waals surface area contributed by atoms with E-state index < -0.39 is 30.7 Å². The SMILES string of the molecule is CCC1CCCCN1C[C@@]1(O)O[C@@H](CO)[C@@H](O)[C@@H]1O. The van der Waals surface area contributed by atoms with Crippen LogP contribution in [-0.2, 0) is 4.74 Å². The third-order valence-electron chi connectivity index (χ3n) is 4.35. The van der Waals surface area contributed by atoms with Gasteiger partial charge in [0.25, 0.3) is 0 Å². The fourth-order valence-electron chi connectivity index (χ4n) is 3.17. The highest BCUT2D eigenvalue weighted by Gasteiger charge is 2.54. The summed E-state index contributed by atoms with van der Waals surface area (Å²) in [6.45, 7) is 2.71. The second kappa shape index (κ2) is 6.03. The van der Waals surface area contributed by atoms with E-state index in [1.165, 1.54) is 6.42 Å². The van der Waals surface area contributed by atoms with E-state index >= 15 is 0 Å². The molecule has 2 rings (SSSR count). The minimum absolute atomic E-state index is 0.167. The van der Waals surface area contributed by atoms with Crippen molar-refractivity contribution in [3.8, 4) is 0 Å².